The Kier molecular flexibility index (Phi) is 4.52. The second-order valence-electron chi connectivity index (χ2n) is 4.48. The highest BCUT2D eigenvalue weighted by atomic mass is 32.2. The molecule has 6 heteroatoms. The minimum Gasteiger partial charge on any atom is -0.481 e. The number of carboxylic acid groups (broad SMARTS) is 1. The molecule has 1 unspecified atom stereocenters. The maximum atomic E-state index is 12.4. The second kappa shape index (κ2) is 6.14. The summed E-state index contributed by atoms with van der Waals surface area (Å²) in [6.07, 6.45) is 2.15. The molecule has 0 aliphatic carbocycles. The van der Waals surface area contributed by atoms with Gasteiger partial charge in [0, 0.05) is 24.1 Å². The topological polar surface area (TPSA) is 70.8 Å². The number of rotatable bonds is 4. The average molecular weight is 283 g/mol. The Hall–Kier alpha value is -1.43. The molecular weight excluding hydrogens is 266 g/mol. The maximum Gasteiger partial charge on any atom is 0.311 e. The first kappa shape index (κ1) is 14.0. The molecule has 0 radical (unpaired) electrons. The number of aliphatic carboxylic acids is 1. The zero-order valence-corrected chi connectivity index (χ0v) is 11.6. The van der Waals surface area contributed by atoms with Gasteiger partial charge in [0.05, 0.1) is 11.8 Å². The van der Waals surface area contributed by atoms with Gasteiger partial charge in [-0.25, -0.2) is 0 Å². The number of thioether (sulfide) groups is 1. The molecule has 2 heterocycles. The highest BCUT2D eigenvalue weighted by molar-refractivity contribution is 8.00. The Morgan fingerprint density at radius 3 is 3.05 bits per heavy atom. The number of carbonyl (C=O) groups is 2. The molecule has 0 spiro atoms. The summed E-state index contributed by atoms with van der Waals surface area (Å²) < 4.78 is 5.11. The quantitative estimate of drug-likeness (QED) is 0.913. The summed E-state index contributed by atoms with van der Waals surface area (Å²) in [5.41, 5.74) is 0.379. The molecule has 19 heavy (non-hydrogen) atoms. The van der Waals surface area contributed by atoms with E-state index < -0.39 is 5.97 Å². The van der Waals surface area contributed by atoms with Crippen molar-refractivity contribution >= 4 is 23.6 Å². The molecule has 0 aromatic carbocycles. The van der Waals surface area contributed by atoms with Crippen LogP contribution in [0.3, 0.4) is 0 Å². The Bertz CT molecular complexity index is 471. The van der Waals surface area contributed by atoms with Crippen LogP contribution in [0.1, 0.15) is 29.5 Å². The number of amides is 1. The maximum absolute atomic E-state index is 12.4. The Morgan fingerprint density at radius 2 is 2.37 bits per heavy atom. The second-order valence-corrected chi connectivity index (χ2v) is 5.89. The fourth-order valence-corrected chi connectivity index (χ4v) is 3.31. The van der Waals surface area contributed by atoms with Crippen LogP contribution in [-0.4, -0.2) is 46.0 Å². The van der Waals surface area contributed by atoms with Crippen molar-refractivity contribution in [3.8, 4) is 0 Å². The van der Waals surface area contributed by atoms with Crippen LogP contribution in [0, 0.1) is 0 Å². The van der Waals surface area contributed by atoms with Crippen LogP contribution in [0.25, 0.3) is 0 Å². The summed E-state index contributed by atoms with van der Waals surface area (Å²) in [6.45, 7) is 3.54. The van der Waals surface area contributed by atoms with E-state index in [1.807, 2.05) is 11.8 Å². The zero-order chi connectivity index (χ0) is 13.8. The number of carbonyl (C=O) groups excluding carboxylic acids is 1. The van der Waals surface area contributed by atoms with E-state index in [4.69, 9.17) is 9.52 Å². The lowest BCUT2D eigenvalue weighted by Crippen LogP contribution is -2.41. The van der Waals surface area contributed by atoms with Crippen LogP contribution in [0.5, 0.6) is 0 Å². The highest BCUT2D eigenvalue weighted by Gasteiger charge is 2.26. The van der Waals surface area contributed by atoms with Gasteiger partial charge >= 0.3 is 5.97 Å². The zero-order valence-electron chi connectivity index (χ0n) is 10.8. The first-order valence-electron chi connectivity index (χ1n) is 6.30. The van der Waals surface area contributed by atoms with Gasteiger partial charge in [0.2, 0.25) is 0 Å². The number of nitrogens with zero attached hydrogens (tertiary/aromatic N) is 1. The molecule has 5 nitrogen and oxygen atoms in total. The third kappa shape index (κ3) is 3.32. The van der Waals surface area contributed by atoms with E-state index in [9.17, 15) is 9.59 Å². The molecule has 1 aliphatic heterocycles. The van der Waals surface area contributed by atoms with E-state index in [2.05, 4.69) is 6.92 Å². The number of hydrogen-bond acceptors (Lipinski definition) is 4. The molecule has 0 bridgehead atoms. The van der Waals surface area contributed by atoms with Crippen molar-refractivity contribution in [3.05, 3.63) is 23.7 Å². The van der Waals surface area contributed by atoms with Gasteiger partial charge in [-0.3, -0.25) is 9.59 Å². The number of furan rings is 1. The largest absolute Gasteiger partial charge is 0.481 e. The normalized spacial score (nSPS) is 19.4. The summed E-state index contributed by atoms with van der Waals surface area (Å²) in [5, 5.41) is 9.26. The van der Waals surface area contributed by atoms with E-state index in [-0.39, 0.29) is 18.1 Å². The first-order valence-corrected chi connectivity index (χ1v) is 7.35. The van der Waals surface area contributed by atoms with Crippen molar-refractivity contribution in [2.75, 3.05) is 18.8 Å². The Balaban J connectivity index is 2.10. The third-order valence-electron chi connectivity index (χ3n) is 3.17. The van der Waals surface area contributed by atoms with Crippen LogP contribution in [0.15, 0.2) is 16.7 Å². The van der Waals surface area contributed by atoms with Crippen LogP contribution >= 0.6 is 11.8 Å². The van der Waals surface area contributed by atoms with E-state index >= 15 is 0 Å². The smallest absolute Gasteiger partial charge is 0.311 e. The summed E-state index contributed by atoms with van der Waals surface area (Å²) in [4.78, 5) is 24.9. The van der Waals surface area contributed by atoms with Crippen LogP contribution in [-0.2, 0) is 11.2 Å². The van der Waals surface area contributed by atoms with Crippen molar-refractivity contribution < 1.29 is 19.1 Å². The fourth-order valence-electron chi connectivity index (χ4n) is 2.13. The van der Waals surface area contributed by atoms with Crippen molar-refractivity contribution in [1.29, 1.82) is 0 Å². The van der Waals surface area contributed by atoms with Crippen molar-refractivity contribution in [2.45, 2.75) is 25.0 Å². The first-order chi connectivity index (χ1) is 9.11. The van der Waals surface area contributed by atoms with Crippen molar-refractivity contribution in [2.24, 2.45) is 0 Å². The molecule has 2 rings (SSSR count). The Morgan fingerprint density at radius 1 is 1.58 bits per heavy atom. The van der Waals surface area contributed by atoms with E-state index in [1.165, 1.54) is 6.26 Å². The average Bonchev–Trinajstić information content (AvgIpc) is 2.85. The molecule has 1 fully saturated rings. The van der Waals surface area contributed by atoms with Crippen LogP contribution in [0.4, 0.5) is 0 Å². The van der Waals surface area contributed by atoms with E-state index in [0.29, 0.717) is 17.4 Å². The fraction of sp³-hybridized carbons (Fsp3) is 0.538. The predicted molar refractivity (Wildman–Crippen MR) is 72.5 cm³/mol. The molecule has 1 aromatic rings. The number of carboxylic acids is 1. The van der Waals surface area contributed by atoms with Crippen molar-refractivity contribution in [3.63, 3.8) is 0 Å². The molecule has 1 saturated heterocycles. The van der Waals surface area contributed by atoms with E-state index in [0.717, 1.165) is 18.7 Å². The minimum absolute atomic E-state index is 0.122. The van der Waals surface area contributed by atoms with Crippen molar-refractivity contribution in [1.82, 2.24) is 4.90 Å². The summed E-state index contributed by atoms with van der Waals surface area (Å²) in [5.74, 6) is 0.0493. The third-order valence-corrected chi connectivity index (χ3v) is 4.54. The summed E-state index contributed by atoms with van der Waals surface area (Å²) in [7, 11) is 0. The lowest BCUT2D eigenvalue weighted by atomic mass is 10.1. The highest BCUT2D eigenvalue weighted by Crippen LogP contribution is 2.23. The molecule has 0 saturated carbocycles. The lowest BCUT2D eigenvalue weighted by molar-refractivity contribution is -0.136. The summed E-state index contributed by atoms with van der Waals surface area (Å²) in [6, 6.07) is 1.56. The monoisotopic (exact) mass is 283 g/mol. The molecule has 1 N–H and O–H groups in total. The predicted octanol–water partition coefficient (Wildman–Crippen LogP) is 1.87. The Labute approximate surface area is 116 Å². The molecular formula is C13H17NO4S. The molecule has 1 atom stereocenters. The van der Waals surface area contributed by atoms with Crippen LogP contribution < -0.4 is 0 Å². The minimum atomic E-state index is -0.996. The molecule has 104 valence electrons. The van der Waals surface area contributed by atoms with Gasteiger partial charge in [-0.2, -0.15) is 11.8 Å². The summed E-state index contributed by atoms with van der Waals surface area (Å²) >= 11 is 1.89. The van der Waals surface area contributed by atoms with Gasteiger partial charge in [-0.1, -0.05) is 6.92 Å². The lowest BCUT2D eigenvalue weighted by Gasteiger charge is -2.31. The van der Waals surface area contributed by atoms with Gasteiger partial charge < -0.3 is 14.4 Å². The standard InChI is InChI=1S/C13H17NO4S/c1-2-9-8-14(4-6-19-9)13(17)10-3-5-18-11(10)7-12(15)16/h3,5,9H,2,4,6-8H2,1H3,(H,15,16). The van der Waals surface area contributed by atoms with Gasteiger partial charge in [-0.15, -0.1) is 0 Å². The van der Waals surface area contributed by atoms with Gasteiger partial charge in [0.1, 0.15) is 12.2 Å². The van der Waals surface area contributed by atoms with Gasteiger partial charge in [0.15, 0.2) is 0 Å². The molecule has 1 amide bonds. The van der Waals surface area contributed by atoms with E-state index in [1.54, 1.807) is 11.0 Å². The molecule has 1 aromatic heterocycles. The van der Waals surface area contributed by atoms with Crippen LogP contribution in [0.2, 0.25) is 0 Å². The SMILES string of the molecule is CCC1CN(C(=O)c2ccoc2CC(=O)O)CCS1. The van der Waals surface area contributed by atoms with Gasteiger partial charge in [0.25, 0.3) is 5.91 Å². The van der Waals surface area contributed by atoms with Gasteiger partial charge in [-0.05, 0) is 12.5 Å². The molecule has 1 aliphatic rings. The number of hydrogen-bond donors (Lipinski definition) is 1.